The molecule has 3 aliphatic rings. The second-order valence-corrected chi connectivity index (χ2v) is 20.1. The van der Waals surface area contributed by atoms with Gasteiger partial charge in [-0.15, -0.1) is 0 Å². The molecule has 0 N–H and O–H groups in total. The molecule has 0 spiro atoms. The van der Waals surface area contributed by atoms with Crippen LogP contribution in [0.5, 0.6) is 0 Å². The highest BCUT2D eigenvalue weighted by Crippen LogP contribution is 2.54. The minimum absolute atomic E-state index is 0.0124. The van der Waals surface area contributed by atoms with Crippen LogP contribution < -0.4 is 0 Å². The zero-order chi connectivity index (χ0) is 33.3. The van der Waals surface area contributed by atoms with Crippen molar-refractivity contribution in [2.75, 3.05) is 6.54 Å². The molecule has 1 aliphatic carbocycles. The number of aromatic nitrogens is 2. The smallest absolute Gasteiger partial charge is 0.273 e. The van der Waals surface area contributed by atoms with Gasteiger partial charge in [-0.25, -0.2) is 0 Å². The third kappa shape index (κ3) is 5.48. The average Bonchev–Trinajstić information content (AvgIpc) is 3.68. The molecule has 8 nitrogen and oxygen atoms in total. The number of benzene rings is 2. The summed E-state index contributed by atoms with van der Waals surface area (Å²) in [6.45, 7) is 18.5. The van der Waals surface area contributed by atoms with E-state index in [1.165, 1.54) is 11.6 Å². The van der Waals surface area contributed by atoms with Gasteiger partial charge in [-0.05, 0) is 81.1 Å². The molecule has 2 aliphatic heterocycles. The van der Waals surface area contributed by atoms with Gasteiger partial charge in [-0.1, -0.05) is 56.6 Å². The Balaban J connectivity index is 1.24. The lowest BCUT2D eigenvalue weighted by molar-refractivity contribution is 0.0574. The van der Waals surface area contributed by atoms with Gasteiger partial charge in [0.15, 0.2) is 8.32 Å². The maximum absolute atomic E-state index is 14.2. The first-order chi connectivity index (χ1) is 21.6. The number of carbonyl (C=O) groups excluding carboxylic acids is 2. The Morgan fingerprint density at radius 1 is 1.13 bits per heavy atom. The number of nitrogens with zero attached hydrogens (tertiary/aromatic N) is 5. The van der Waals surface area contributed by atoms with Crippen LogP contribution in [0.3, 0.4) is 0 Å². The summed E-state index contributed by atoms with van der Waals surface area (Å²) in [5.74, 6) is -0.262. The van der Waals surface area contributed by atoms with Crippen LogP contribution in [0, 0.1) is 11.3 Å². The highest BCUT2D eigenvalue weighted by atomic mass is 35.5. The summed E-state index contributed by atoms with van der Waals surface area (Å²) in [5.41, 5.74) is 5.02. The molecular weight excluding hydrogens is 614 g/mol. The summed E-state index contributed by atoms with van der Waals surface area (Å²) >= 11 is 6.12. The van der Waals surface area contributed by atoms with Gasteiger partial charge in [0, 0.05) is 30.1 Å². The summed E-state index contributed by atoms with van der Waals surface area (Å²) < 4.78 is 8.78. The summed E-state index contributed by atoms with van der Waals surface area (Å²) in [5, 5.41) is 14.8. The zero-order valence-corrected chi connectivity index (χ0v) is 29.9. The van der Waals surface area contributed by atoms with Crippen LogP contribution in [0.1, 0.15) is 115 Å². The van der Waals surface area contributed by atoms with Crippen LogP contribution in [0.4, 0.5) is 0 Å². The Bertz CT molecular complexity index is 1750. The van der Waals surface area contributed by atoms with Gasteiger partial charge >= 0.3 is 0 Å². The topological polar surface area (TPSA) is 91.5 Å². The van der Waals surface area contributed by atoms with E-state index in [4.69, 9.17) is 21.1 Å². The number of rotatable bonds is 6. The minimum atomic E-state index is -1.93. The second-order valence-electron chi connectivity index (χ2n) is 15.0. The van der Waals surface area contributed by atoms with Crippen LogP contribution in [0.25, 0.3) is 0 Å². The van der Waals surface area contributed by atoms with Gasteiger partial charge in [0.1, 0.15) is 11.8 Å². The molecule has 1 fully saturated rings. The number of nitriles is 1. The maximum Gasteiger partial charge on any atom is 0.273 e. The van der Waals surface area contributed by atoms with Crippen molar-refractivity contribution in [3.05, 3.63) is 86.7 Å². The summed E-state index contributed by atoms with van der Waals surface area (Å²) in [6.07, 6.45) is 2.64. The van der Waals surface area contributed by atoms with Gasteiger partial charge in [-0.2, -0.15) is 10.4 Å². The SMILES string of the molecule is C[C@@H]1Cc2nn3c(c2CN1C(=O)c1ccc(Cl)c(C#N)c1)C(=O)N([C@H](C)c1ccc(C2(O[Si](C)(C)C(C)(C)C)CC2)cc1)C[C@H]3C. The summed E-state index contributed by atoms with van der Waals surface area (Å²) in [7, 11) is -1.93. The fraction of sp³-hybridized carbons (Fsp3) is 0.500. The number of hydrogen-bond acceptors (Lipinski definition) is 5. The Morgan fingerprint density at radius 3 is 2.41 bits per heavy atom. The van der Waals surface area contributed by atoms with E-state index in [-0.39, 0.29) is 52.7 Å². The van der Waals surface area contributed by atoms with Gasteiger partial charge in [0.25, 0.3) is 11.8 Å². The standard InChI is InChI=1S/C36H44ClN5O3Si/c1-22-17-31-29(21-40(22)33(43)26-11-14-30(37)27(18-26)19-38)32-34(44)41(20-23(2)42(32)39-31)24(3)25-9-12-28(13-10-25)36(15-16-36)45-46(7,8)35(4,5)6/h9-14,18,22-24H,15-17,20-21H2,1-8H3/t22-,23-,24-/m1/s1. The molecule has 0 radical (unpaired) electrons. The Labute approximate surface area is 278 Å². The predicted molar refractivity (Wildman–Crippen MR) is 181 cm³/mol. The summed E-state index contributed by atoms with van der Waals surface area (Å²) in [6, 6.07) is 15.2. The number of amides is 2. The van der Waals surface area contributed by atoms with E-state index in [2.05, 4.69) is 78.0 Å². The van der Waals surface area contributed by atoms with Crippen LogP contribution in [0.15, 0.2) is 42.5 Å². The Kier molecular flexibility index (Phi) is 8.02. The van der Waals surface area contributed by atoms with Crippen molar-refractivity contribution >= 4 is 31.7 Å². The van der Waals surface area contributed by atoms with Gasteiger partial charge < -0.3 is 14.2 Å². The van der Waals surface area contributed by atoms with Crippen LogP contribution in [0.2, 0.25) is 23.2 Å². The van der Waals surface area contributed by atoms with E-state index >= 15 is 0 Å². The van der Waals surface area contributed by atoms with Crippen molar-refractivity contribution in [1.82, 2.24) is 19.6 Å². The molecule has 2 aromatic carbocycles. The minimum Gasteiger partial charge on any atom is -0.407 e. The third-order valence-corrected chi connectivity index (χ3v) is 15.6. The van der Waals surface area contributed by atoms with Crippen molar-refractivity contribution in [2.24, 2.45) is 0 Å². The van der Waals surface area contributed by atoms with Crippen molar-refractivity contribution < 1.29 is 14.0 Å². The molecule has 0 saturated heterocycles. The van der Waals surface area contributed by atoms with Crippen molar-refractivity contribution in [3.8, 4) is 6.07 Å². The highest BCUT2D eigenvalue weighted by Gasteiger charge is 2.52. The third-order valence-electron chi connectivity index (χ3n) is 10.7. The van der Waals surface area contributed by atoms with E-state index in [1.807, 2.05) is 16.5 Å². The highest BCUT2D eigenvalue weighted by molar-refractivity contribution is 6.74. The largest absolute Gasteiger partial charge is 0.407 e. The number of hydrogen-bond donors (Lipinski definition) is 0. The molecule has 3 aromatic rings. The normalized spacial score (nSPS) is 21.3. The average molecular weight is 658 g/mol. The number of fused-ring (bicyclic) bond motifs is 3. The van der Waals surface area contributed by atoms with E-state index in [0.717, 1.165) is 29.7 Å². The molecule has 0 bridgehead atoms. The lowest BCUT2D eigenvalue weighted by Gasteiger charge is -2.40. The zero-order valence-electron chi connectivity index (χ0n) is 28.1. The van der Waals surface area contributed by atoms with Gasteiger partial charge in [0.2, 0.25) is 0 Å². The molecule has 242 valence electrons. The van der Waals surface area contributed by atoms with E-state index in [1.54, 1.807) is 17.0 Å². The molecule has 3 atom stereocenters. The fourth-order valence-electron chi connectivity index (χ4n) is 6.65. The fourth-order valence-corrected chi connectivity index (χ4v) is 8.42. The Hall–Kier alpha value is -3.45. The van der Waals surface area contributed by atoms with E-state index < -0.39 is 8.32 Å². The summed E-state index contributed by atoms with van der Waals surface area (Å²) in [4.78, 5) is 31.6. The van der Waals surface area contributed by atoms with Gasteiger partial charge in [0.05, 0.1) is 40.5 Å². The number of carbonyl (C=O) groups is 2. The van der Waals surface area contributed by atoms with Gasteiger partial charge in [-0.3, -0.25) is 14.3 Å². The monoisotopic (exact) mass is 657 g/mol. The molecule has 1 aromatic heterocycles. The predicted octanol–water partition coefficient (Wildman–Crippen LogP) is 7.78. The second kappa shape index (κ2) is 11.4. The molecule has 3 heterocycles. The first kappa shape index (κ1) is 32.5. The molecule has 2 amide bonds. The Morgan fingerprint density at radius 2 is 1.80 bits per heavy atom. The van der Waals surface area contributed by atoms with Crippen molar-refractivity contribution in [2.45, 2.75) is 109 Å². The first-order valence-corrected chi connectivity index (χ1v) is 19.6. The van der Waals surface area contributed by atoms with Crippen molar-refractivity contribution in [1.29, 1.82) is 5.26 Å². The maximum atomic E-state index is 14.2. The van der Waals surface area contributed by atoms with Crippen LogP contribution in [-0.2, 0) is 23.0 Å². The molecule has 1 saturated carbocycles. The molecular formula is C36H44ClN5O3Si. The molecule has 46 heavy (non-hydrogen) atoms. The lowest BCUT2D eigenvalue weighted by Crippen LogP contribution is -2.45. The van der Waals surface area contributed by atoms with Crippen LogP contribution >= 0.6 is 11.6 Å². The number of halogens is 1. The van der Waals surface area contributed by atoms with E-state index in [0.29, 0.717) is 29.2 Å². The molecule has 10 heteroatoms. The van der Waals surface area contributed by atoms with E-state index in [9.17, 15) is 14.9 Å². The first-order valence-electron chi connectivity index (χ1n) is 16.3. The van der Waals surface area contributed by atoms with Crippen molar-refractivity contribution in [3.63, 3.8) is 0 Å². The molecule has 0 unspecified atom stereocenters. The molecule has 6 rings (SSSR count). The lowest BCUT2D eigenvalue weighted by atomic mass is 9.96. The van der Waals surface area contributed by atoms with Crippen LogP contribution in [-0.4, -0.2) is 52.3 Å². The quantitative estimate of drug-likeness (QED) is 0.253.